The Morgan fingerprint density at radius 3 is 1.27 bits per heavy atom. The van der Waals surface area contributed by atoms with E-state index in [2.05, 4.69) is 41.5 Å². The quantitative estimate of drug-likeness (QED) is 0.311. The van der Waals surface area contributed by atoms with Crippen molar-refractivity contribution in [2.75, 3.05) is 0 Å². The molecule has 0 aromatic rings. The van der Waals surface area contributed by atoms with Crippen molar-refractivity contribution in [1.82, 2.24) is 0 Å². The molecule has 0 amide bonds. The van der Waals surface area contributed by atoms with Crippen LogP contribution in [-0.4, -0.2) is 22.2 Å². The molecule has 0 aromatic carbocycles. The van der Waals surface area contributed by atoms with Crippen LogP contribution in [0.3, 0.4) is 0 Å². The molecule has 6 rings (SSSR count). The highest BCUT2D eigenvalue weighted by Gasteiger charge is 2.57. The van der Waals surface area contributed by atoms with Crippen molar-refractivity contribution in [3.05, 3.63) is 22.3 Å². The summed E-state index contributed by atoms with van der Waals surface area (Å²) in [6, 6.07) is 0. The Hall–Kier alpha value is -1.58. The summed E-state index contributed by atoms with van der Waals surface area (Å²) >= 11 is 0. The minimum Gasteiger partial charge on any atom is -0.481 e. The molecule has 0 saturated heterocycles. The van der Waals surface area contributed by atoms with E-state index in [1.54, 1.807) is 22.3 Å². The van der Waals surface area contributed by atoms with E-state index < -0.39 is 22.8 Å². The zero-order chi connectivity index (χ0) is 32.2. The molecule has 0 bridgehead atoms. The maximum absolute atomic E-state index is 12.0. The summed E-state index contributed by atoms with van der Waals surface area (Å²) in [4.78, 5) is 23.9. The molecule has 2 fully saturated rings. The smallest absolute Gasteiger partial charge is 0.309 e. The summed E-state index contributed by atoms with van der Waals surface area (Å²) in [6.45, 7) is 18.2. The first-order chi connectivity index (χ1) is 20.6. The molecule has 6 aliphatic carbocycles. The molecular weight excluding hydrogens is 544 g/mol. The second kappa shape index (κ2) is 12.2. The van der Waals surface area contributed by atoms with E-state index in [4.69, 9.17) is 0 Å². The van der Waals surface area contributed by atoms with Crippen LogP contribution in [0.15, 0.2) is 22.3 Å². The lowest BCUT2D eigenvalue weighted by molar-refractivity contribution is -0.160. The van der Waals surface area contributed by atoms with Gasteiger partial charge >= 0.3 is 11.9 Å². The zero-order valence-corrected chi connectivity index (χ0v) is 29.5. The van der Waals surface area contributed by atoms with E-state index in [-0.39, 0.29) is 10.8 Å². The summed E-state index contributed by atoms with van der Waals surface area (Å²) in [7, 11) is 0. The summed E-state index contributed by atoms with van der Waals surface area (Å²) in [5.41, 5.74) is 6.04. The van der Waals surface area contributed by atoms with E-state index in [9.17, 15) is 19.8 Å². The Balaban J connectivity index is 0.000000175. The summed E-state index contributed by atoms with van der Waals surface area (Å²) in [5.74, 6) is 2.76. The highest BCUT2D eigenvalue weighted by molar-refractivity contribution is 5.75. The van der Waals surface area contributed by atoms with Crippen molar-refractivity contribution in [2.24, 2.45) is 57.2 Å². The van der Waals surface area contributed by atoms with Crippen molar-refractivity contribution in [2.45, 2.75) is 158 Å². The number of fused-ring (bicyclic) bond motifs is 4. The molecule has 4 heteroatoms. The predicted octanol–water partition coefficient (Wildman–Crippen LogP) is 10.9. The Bertz CT molecular complexity index is 1100. The normalized spacial score (nSPS) is 42.0. The number of allylic oxidation sites excluding steroid dienone is 4. The first-order valence-corrected chi connectivity index (χ1v) is 18.5. The van der Waals surface area contributed by atoms with Crippen LogP contribution in [0.25, 0.3) is 0 Å². The number of carbonyl (C=O) groups is 2. The molecule has 248 valence electrons. The second-order valence-electron chi connectivity index (χ2n) is 17.8. The van der Waals surface area contributed by atoms with Crippen LogP contribution >= 0.6 is 0 Å². The topological polar surface area (TPSA) is 74.6 Å². The molecule has 8 atom stereocenters. The average molecular weight is 609 g/mol. The van der Waals surface area contributed by atoms with Crippen molar-refractivity contribution in [3.63, 3.8) is 0 Å². The fourth-order valence-corrected chi connectivity index (χ4v) is 12.0. The van der Waals surface area contributed by atoms with E-state index in [0.29, 0.717) is 11.8 Å². The van der Waals surface area contributed by atoms with E-state index in [1.165, 1.54) is 51.4 Å². The molecule has 0 spiro atoms. The van der Waals surface area contributed by atoms with Gasteiger partial charge in [-0.2, -0.15) is 0 Å². The van der Waals surface area contributed by atoms with Crippen LogP contribution in [0.4, 0.5) is 0 Å². The van der Waals surface area contributed by atoms with Crippen LogP contribution < -0.4 is 0 Å². The number of carboxylic acid groups (broad SMARTS) is 2. The van der Waals surface area contributed by atoms with Gasteiger partial charge in [0.15, 0.2) is 0 Å². The Morgan fingerprint density at radius 2 is 0.955 bits per heavy atom. The predicted molar refractivity (Wildman–Crippen MR) is 179 cm³/mol. The van der Waals surface area contributed by atoms with E-state index in [1.807, 2.05) is 13.8 Å². The lowest BCUT2D eigenvalue weighted by Crippen LogP contribution is -2.51. The zero-order valence-electron chi connectivity index (χ0n) is 29.5. The third kappa shape index (κ3) is 5.55. The number of aliphatic carboxylic acids is 2. The fraction of sp³-hybridized carbons (Fsp3) is 0.850. The molecule has 0 aliphatic heterocycles. The molecule has 0 unspecified atom stereocenters. The molecule has 0 aromatic heterocycles. The summed E-state index contributed by atoms with van der Waals surface area (Å²) in [6.07, 6.45) is 18.4. The highest BCUT2D eigenvalue weighted by Crippen LogP contribution is 2.64. The van der Waals surface area contributed by atoms with Gasteiger partial charge < -0.3 is 10.2 Å². The second-order valence-corrected chi connectivity index (χ2v) is 17.8. The molecular formula is C40H64O4. The van der Waals surface area contributed by atoms with Crippen molar-refractivity contribution < 1.29 is 19.8 Å². The first kappa shape index (κ1) is 33.8. The van der Waals surface area contributed by atoms with E-state index in [0.717, 1.165) is 75.0 Å². The minimum atomic E-state index is -0.566. The largest absolute Gasteiger partial charge is 0.481 e. The van der Waals surface area contributed by atoms with Crippen LogP contribution in [-0.2, 0) is 9.59 Å². The summed E-state index contributed by atoms with van der Waals surface area (Å²) in [5, 5.41) is 19.7. The van der Waals surface area contributed by atoms with Gasteiger partial charge in [0.1, 0.15) is 0 Å². The van der Waals surface area contributed by atoms with Gasteiger partial charge in [0.2, 0.25) is 0 Å². The van der Waals surface area contributed by atoms with Gasteiger partial charge in [-0.05, 0) is 150 Å². The maximum atomic E-state index is 12.0. The molecule has 44 heavy (non-hydrogen) atoms. The molecule has 6 aliphatic rings. The molecule has 0 radical (unpaired) electrons. The van der Waals surface area contributed by atoms with Gasteiger partial charge in [-0.25, -0.2) is 0 Å². The third-order valence-electron chi connectivity index (χ3n) is 15.0. The Morgan fingerprint density at radius 1 is 0.591 bits per heavy atom. The van der Waals surface area contributed by atoms with Gasteiger partial charge in [-0.15, -0.1) is 0 Å². The Kier molecular flexibility index (Phi) is 9.38. The van der Waals surface area contributed by atoms with Gasteiger partial charge in [-0.1, -0.05) is 76.7 Å². The standard InChI is InChI=1S/2C20H32O2/c2*1-13(2)14-6-8-16-15(12-14)7-9-17-19(16,3)10-5-11-20(17,4)18(21)22/h2*13-14,17H,5-12H2,1-4H3,(H,21,22)/t2*14-,17-,19-,20-/m11/s1. The highest BCUT2D eigenvalue weighted by atomic mass is 16.4. The van der Waals surface area contributed by atoms with Crippen molar-refractivity contribution in [1.29, 1.82) is 0 Å². The SMILES string of the molecule is CC(C)[C@@H]1CCC2=C(CC[C@H]3[C@](C)(C(=O)O)CCC[C@]23C)C1.CC(C)[C@@H]1CCC2=C(CC[C@H]3[C@](C)(C(=O)O)CCC[C@]23C)C1. The van der Waals surface area contributed by atoms with E-state index >= 15 is 0 Å². The van der Waals surface area contributed by atoms with Gasteiger partial charge in [0, 0.05) is 0 Å². The fourth-order valence-electron chi connectivity index (χ4n) is 12.0. The minimum absolute atomic E-state index is 0.154. The monoisotopic (exact) mass is 608 g/mol. The Labute approximate surface area is 268 Å². The lowest BCUT2D eigenvalue weighted by atomic mass is 9.48. The third-order valence-corrected chi connectivity index (χ3v) is 15.0. The number of hydrogen-bond donors (Lipinski definition) is 2. The van der Waals surface area contributed by atoms with Gasteiger partial charge in [-0.3, -0.25) is 9.59 Å². The van der Waals surface area contributed by atoms with Crippen molar-refractivity contribution in [3.8, 4) is 0 Å². The first-order valence-electron chi connectivity index (χ1n) is 18.5. The molecule has 4 nitrogen and oxygen atoms in total. The molecule has 0 heterocycles. The van der Waals surface area contributed by atoms with Gasteiger partial charge in [0.05, 0.1) is 10.8 Å². The molecule has 2 saturated carbocycles. The van der Waals surface area contributed by atoms with Gasteiger partial charge in [0.25, 0.3) is 0 Å². The number of rotatable bonds is 4. The molecule has 2 N–H and O–H groups in total. The maximum Gasteiger partial charge on any atom is 0.309 e. The van der Waals surface area contributed by atoms with Crippen LogP contribution in [0.5, 0.6) is 0 Å². The number of hydrogen-bond acceptors (Lipinski definition) is 2. The number of carboxylic acids is 2. The van der Waals surface area contributed by atoms with Crippen molar-refractivity contribution >= 4 is 11.9 Å². The van der Waals surface area contributed by atoms with Crippen LogP contribution in [0, 0.1) is 57.2 Å². The lowest BCUT2D eigenvalue weighted by Gasteiger charge is -2.56. The summed E-state index contributed by atoms with van der Waals surface area (Å²) < 4.78 is 0. The van der Waals surface area contributed by atoms with Crippen LogP contribution in [0.1, 0.15) is 158 Å². The van der Waals surface area contributed by atoms with Crippen LogP contribution in [0.2, 0.25) is 0 Å². The average Bonchev–Trinajstić information content (AvgIpc) is 2.96.